The largest absolute Gasteiger partial charge is 0.480 e. The van der Waals surface area contributed by atoms with E-state index in [1.54, 1.807) is 22.6 Å². The Morgan fingerprint density at radius 1 is 1.40 bits per heavy atom. The second kappa shape index (κ2) is 3.93. The van der Waals surface area contributed by atoms with Crippen molar-refractivity contribution in [3.05, 3.63) is 0 Å². The molecule has 0 aromatic carbocycles. The molecule has 1 heterocycles. The van der Waals surface area contributed by atoms with Crippen LogP contribution in [0.5, 0.6) is 0 Å². The molecule has 1 aliphatic heterocycles. The summed E-state index contributed by atoms with van der Waals surface area (Å²) in [5.74, 6) is -3.96. The molecule has 0 unspecified atom stereocenters. The lowest BCUT2D eigenvalue weighted by Crippen LogP contribution is -2.51. The Labute approximate surface area is 98.4 Å². The van der Waals surface area contributed by atoms with Crippen LogP contribution in [0.4, 0.5) is 0 Å². The highest BCUT2D eigenvalue weighted by molar-refractivity contribution is 14.1. The first-order valence-corrected chi connectivity index (χ1v) is 5.23. The van der Waals surface area contributed by atoms with Gasteiger partial charge in [-0.15, -0.1) is 0 Å². The lowest BCUT2D eigenvalue weighted by Gasteiger charge is -2.19. The van der Waals surface area contributed by atoms with Gasteiger partial charge in [0.2, 0.25) is 0 Å². The fourth-order valence-corrected chi connectivity index (χ4v) is 2.59. The average Bonchev–Trinajstić information content (AvgIpc) is 2.41. The number of alkyl halides is 1. The lowest BCUT2D eigenvalue weighted by atomic mass is 10.0. The van der Waals surface area contributed by atoms with Crippen molar-refractivity contribution >= 4 is 40.4 Å². The molecule has 8 heteroatoms. The monoisotopic (exact) mass is 328 g/mol. The predicted octanol–water partition coefficient (Wildman–Crippen LogP) is -1.15. The highest BCUT2D eigenvalue weighted by Gasteiger charge is 2.48. The third-order valence-electron chi connectivity index (χ3n) is 2.19. The molecule has 7 nitrogen and oxygen atoms in total. The van der Waals surface area contributed by atoms with E-state index in [0.29, 0.717) is 0 Å². The summed E-state index contributed by atoms with van der Waals surface area (Å²) in [6, 6.07) is 0. The third-order valence-corrected chi connectivity index (χ3v) is 3.31. The van der Waals surface area contributed by atoms with E-state index in [2.05, 4.69) is 0 Å². The first-order valence-electron chi connectivity index (χ1n) is 3.98. The normalized spacial score (nSPS) is 30.3. The van der Waals surface area contributed by atoms with Crippen LogP contribution in [-0.4, -0.2) is 49.1 Å². The van der Waals surface area contributed by atoms with Crippen LogP contribution in [0.3, 0.4) is 0 Å². The Morgan fingerprint density at radius 2 is 1.93 bits per heavy atom. The summed E-state index contributed by atoms with van der Waals surface area (Å²) in [7, 11) is 0. The van der Waals surface area contributed by atoms with Gasteiger partial charge in [-0.2, -0.15) is 0 Å². The smallest absolute Gasteiger partial charge is 0.394 e. The number of carboxylic acids is 2. The average molecular weight is 328 g/mol. The maximum atomic E-state index is 11.1. The Balaban J connectivity index is 2.86. The number of carboxylic acid groups (broad SMARTS) is 2. The van der Waals surface area contributed by atoms with Crippen molar-refractivity contribution in [3.8, 4) is 0 Å². The molecule has 1 saturated heterocycles. The summed E-state index contributed by atoms with van der Waals surface area (Å²) in [6.07, 6.45) is 0.0436. The molecule has 1 fully saturated rings. The molecule has 0 aromatic heterocycles. The summed E-state index contributed by atoms with van der Waals surface area (Å²) >= 11 is 1.80. The van der Waals surface area contributed by atoms with E-state index in [0.717, 1.165) is 4.90 Å². The van der Waals surface area contributed by atoms with Gasteiger partial charge in [0.05, 0.1) is 10.6 Å². The van der Waals surface area contributed by atoms with Gasteiger partial charge in [0.15, 0.2) is 0 Å². The second-order valence-electron chi connectivity index (χ2n) is 3.34. The number of nitrogens with zero attached hydrogens (tertiary/aromatic N) is 1. The minimum Gasteiger partial charge on any atom is -0.480 e. The first kappa shape index (κ1) is 12.2. The molecule has 0 aliphatic carbocycles. The number of nitrogens with two attached hydrogens (primary N) is 1. The Bertz CT molecular complexity index is 333. The van der Waals surface area contributed by atoms with Crippen molar-refractivity contribution in [2.75, 3.05) is 6.54 Å². The second-order valence-corrected chi connectivity index (χ2v) is 4.78. The minimum atomic E-state index is -1.61. The quantitative estimate of drug-likeness (QED) is 0.242. The highest BCUT2D eigenvalue weighted by Crippen LogP contribution is 2.29. The fourth-order valence-electron chi connectivity index (χ4n) is 1.36. The molecular weight excluding hydrogens is 319 g/mol. The Morgan fingerprint density at radius 3 is 2.27 bits per heavy atom. The van der Waals surface area contributed by atoms with Gasteiger partial charge < -0.3 is 20.8 Å². The van der Waals surface area contributed by atoms with Gasteiger partial charge in [0.1, 0.15) is 5.54 Å². The molecule has 1 rings (SSSR count). The van der Waals surface area contributed by atoms with Crippen LogP contribution in [0.15, 0.2) is 0 Å². The van der Waals surface area contributed by atoms with Gasteiger partial charge in [-0.05, 0) is 0 Å². The third kappa shape index (κ3) is 2.20. The minimum absolute atomic E-state index is 0.0436. The van der Waals surface area contributed by atoms with Gasteiger partial charge in [-0.3, -0.25) is 9.59 Å². The van der Waals surface area contributed by atoms with E-state index >= 15 is 0 Å². The maximum Gasteiger partial charge on any atom is 0.394 e. The van der Waals surface area contributed by atoms with Crippen LogP contribution in [0, 0.1) is 0 Å². The molecular formula is C7H9IN2O5. The van der Waals surface area contributed by atoms with Gasteiger partial charge in [0, 0.05) is 6.42 Å². The summed E-state index contributed by atoms with van der Waals surface area (Å²) in [5, 5.41) is 17.3. The van der Waals surface area contributed by atoms with Crippen molar-refractivity contribution in [1.29, 1.82) is 0 Å². The van der Waals surface area contributed by atoms with E-state index in [4.69, 9.17) is 15.9 Å². The standard InChI is InChI=1S/C7H9IN2O5/c8-3-1-7(9,6(14)15)2-10(3)4(11)5(12)13/h3H,1-2,9H2,(H,12,13)(H,14,15)/t3-,7-/m1/s1. The summed E-state index contributed by atoms with van der Waals surface area (Å²) in [6.45, 7) is -0.277. The number of hydrogen-bond donors (Lipinski definition) is 3. The number of aliphatic carboxylic acids is 2. The number of hydrogen-bond acceptors (Lipinski definition) is 4. The first-order chi connectivity index (χ1) is 6.78. The van der Waals surface area contributed by atoms with Crippen molar-refractivity contribution in [2.24, 2.45) is 5.73 Å². The Kier molecular flexibility index (Phi) is 3.19. The van der Waals surface area contributed by atoms with Crippen molar-refractivity contribution in [2.45, 2.75) is 16.0 Å². The molecule has 4 N–H and O–H groups in total. The van der Waals surface area contributed by atoms with Gasteiger partial charge >= 0.3 is 17.8 Å². The SMILES string of the molecule is N[C@]1(C(=O)O)C[C@H](I)N(C(=O)C(=O)O)C1. The molecule has 0 saturated carbocycles. The molecule has 84 valence electrons. The van der Waals surface area contributed by atoms with E-state index in [1.165, 1.54) is 0 Å². The molecule has 0 radical (unpaired) electrons. The fraction of sp³-hybridized carbons (Fsp3) is 0.571. The van der Waals surface area contributed by atoms with E-state index in [1.807, 2.05) is 0 Å². The summed E-state index contributed by atoms with van der Waals surface area (Å²) < 4.78 is -0.507. The van der Waals surface area contributed by atoms with E-state index < -0.39 is 27.4 Å². The maximum absolute atomic E-state index is 11.1. The zero-order chi connectivity index (χ0) is 11.8. The van der Waals surface area contributed by atoms with Crippen molar-refractivity contribution in [3.63, 3.8) is 0 Å². The van der Waals surface area contributed by atoms with Crippen LogP contribution >= 0.6 is 22.6 Å². The van der Waals surface area contributed by atoms with Crippen molar-refractivity contribution < 1.29 is 24.6 Å². The molecule has 0 aromatic rings. The van der Waals surface area contributed by atoms with Gasteiger partial charge in [0.25, 0.3) is 0 Å². The van der Waals surface area contributed by atoms with E-state index in [9.17, 15) is 14.4 Å². The number of amides is 1. The molecule has 1 aliphatic rings. The van der Waals surface area contributed by atoms with Gasteiger partial charge in [-0.25, -0.2) is 4.79 Å². The van der Waals surface area contributed by atoms with Crippen LogP contribution in [0.2, 0.25) is 0 Å². The molecule has 2 atom stereocenters. The molecule has 15 heavy (non-hydrogen) atoms. The highest BCUT2D eigenvalue weighted by atomic mass is 127. The Hall–Kier alpha value is -0.900. The number of carbonyl (C=O) groups is 3. The van der Waals surface area contributed by atoms with Crippen LogP contribution in [-0.2, 0) is 14.4 Å². The van der Waals surface area contributed by atoms with Crippen LogP contribution in [0.25, 0.3) is 0 Å². The topological polar surface area (TPSA) is 121 Å². The number of likely N-dealkylation sites (tertiary alicyclic amines) is 1. The number of rotatable bonds is 1. The predicted molar refractivity (Wildman–Crippen MR) is 56.3 cm³/mol. The molecule has 0 bridgehead atoms. The van der Waals surface area contributed by atoms with Crippen LogP contribution < -0.4 is 5.73 Å². The number of halogens is 1. The van der Waals surface area contributed by atoms with Crippen molar-refractivity contribution in [1.82, 2.24) is 4.90 Å². The number of carbonyl (C=O) groups excluding carboxylic acids is 1. The van der Waals surface area contributed by atoms with E-state index in [-0.39, 0.29) is 13.0 Å². The zero-order valence-corrected chi connectivity index (χ0v) is 9.67. The summed E-state index contributed by atoms with van der Waals surface area (Å²) in [5.41, 5.74) is 3.98. The summed E-state index contributed by atoms with van der Waals surface area (Å²) in [4.78, 5) is 33.3. The molecule has 0 spiro atoms. The van der Waals surface area contributed by atoms with Gasteiger partial charge in [-0.1, -0.05) is 22.6 Å². The van der Waals surface area contributed by atoms with Crippen LogP contribution in [0.1, 0.15) is 6.42 Å². The lowest BCUT2D eigenvalue weighted by molar-refractivity contribution is -0.156. The zero-order valence-electron chi connectivity index (χ0n) is 7.51. The molecule has 1 amide bonds.